The molecule has 214 valence electrons. The lowest BCUT2D eigenvalue weighted by molar-refractivity contribution is -0.727. The number of nitrogens with two attached hydrogens (primary N) is 1. The summed E-state index contributed by atoms with van der Waals surface area (Å²) in [5, 5.41) is 7.79. The number of carbonyl (C=O) groups is 3. The molecule has 40 heavy (non-hydrogen) atoms. The molecule has 0 aliphatic carbocycles. The van der Waals surface area contributed by atoms with Gasteiger partial charge in [0.1, 0.15) is 29.4 Å². The van der Waals surface area contributed by atoms with Gasteiger partial charge >= 0.3 is 5.97 Å². The average molecular weight is 593 g/mol. The van der Waals surface area contributed by atoms with Crippen molar-refractivity contribution < 1.29 is 37.5 Å². The third kappa shape index (κ3) is 6.13. The van der Waals surface area contributed by atoms with Crippen LogP contribution >= 0.6 is 11.3 Å². The van der Waals surface area contributed by atoms with Gasteiger partial charge in [-0.05, 0) is 11.6 Å². The van der Waals surface area contributed by atoms with Gasteiger partial charge in [-0.25, -0.2) is 9.78 Å². The molecule has 0 saturated carbocycles. The lowest BCUT2D eigenvalue weighted by Gasteiger charge is -2.51. The van der Waals surface area contributed by atoms with Crippen molar-refractivity contribution in [2.24, 2.45) is 5.16 Å². The Kier molecular flexibility index (Phi) is 9.11. The highest BCUT2D eigenvalue weighted by molar-refractivity contribution is 7.86. The molecule has 2 aliphatic heterocycles. The zero-order chi connectivity index (χ0) is 29.0. The lowest BCUT2D eigenvalue weighted by atomic mass is 10.0. The summed E-state index contributed by atoms with van der Waals surface area (Å²) in [4.78, 5) is 50.6. The fourth-order valence-corrected chi connectivity index (χ4v) is 6.62. The number of oxime groups is 1. The number of rotatable bonds is 10. The second kappa shape index (κ2) is 12.5. The summed E-state index contributed by atoms with van der Waals surface area (Å²) in [5.74, 6) is -1.31. The number of fused-ring (bicyclic) bond motifs is 1. The van der Waals surface area contributed by atoms with Gasteiger partial charge in [-0.1, -0.05) is 5.16 Å². The Bertz CT molecular complexity index is 1390. The largest absolute Gasteiger partial charge is 0.400 e. The van der Waals surface area contributed by atoms with E-state index in [2.05, 4.69) is 15.5 Å². The predicted octanol–water partition coefficient (Wildman–Crippen LogP) is -0.945. The van der Waals surface area contributed by atoms with Crippen molar-refractivity contribution in [1.29, 1.82) is 0 Å². The van der Waals surface area contributed by atoms with E-state index in [0.29, 0.717) is 11.1 Å². The number of aromatic nitrogens is 2. The molecule has 1 saturated heterocycles. The fourth-order valence-electron chi connectivity index (χ4n) is 4.34. The topological polar surface area (TPSA) is 170 Å². The molecule has 0 aromatic carbocycles. The third-order valence-corrected chi connectivity index (χ3v) is 8.53. The maximum absolute atomic E-state index is 13.3. The van der Waals surface area contributed by atoms with Gasteiger partial charge in [-0.2, -0.15) is 4.57 Å². The van der Waals surface area contributed by atoms with Crippen LogP contribution in [0.3, 0.4) is 0 Å². The second-order valence-corrected chi connectivity index (χ2v) is 11.5. The first-order valence-electron chi connectivity index (χ1n) is 12.0. The van der Waals surface area contributed by atoms with Crippen LogP contribution in [0.2, 0.25) is 0 Å². The number of hydrogen-bond acceptors (Lipinski definition) is 12. The number of carbonyl (C=O) groups excluding carboxylic acids is 3. The Labute approximate surface area is 236 Å². The van der Waals surface area contributed by atoms with Gasteiger partial charge in [0.15, 0.2) is 23.2 Å². The summed E-state index contributed by atoms with van der Waals surface area (Å²) >= 11 is 1.15. The van der Waals surface area contributed by atoms with Gasteiger partial charge in [0.2, 0.25) is 0 Å². The Morgan fingerprint density at radius 1 is 1.35 bits per heavy atom. The van der Waals surface area contributed by atoms with Gasteiger partial charge in [-0.15, -0.1) is 11.3 Å². The second-order valence-electron chi connectivity index (χ2n) is 9.09. The standard InChI is InChI=1S/C24H29N7O7S2/c1-29(2)21(33)14-6-5-7-30(8-14)13-38-23(34)19-15(10-36-3)12-40(35)22-16(9-31(19)22)26-20(32)18(28-37-4)17-11-39-24(25)27-17/h5-8,11,16,22H,9-10,12-13H2,1-4H3,(H2-,25,26,27,32)/p+1/b28-18+/t16-,22-,40?/m1/s1. The summed E-state index contributed by atoms with van der Waals surface area (Å²) in [6.45, 7) is 0.151. The molecule has 1 unspecified atom stereocenters. The van der Waals surface area contributed by atoms with E-state index in [1.165, 1.54) is 19.1 Å². The van der Waals surface area contributed by atoms with E-state index in [1.54, 1.807) is 53.5 Å². The fraction of sp³-hybridized carbons (Fsp3) is 0.417. The van der Waals surface area contributed by atoms with Gasteiger partial charge < -0.3 is 35.2 Å². The summed E-state index contributed by atoms with van der Waals surface area (Å²) in [5.41, 5.74) is 7.09. The Morgan fingerprint density at radius 2 is 2.12 bits per heavy atom. The Balaban J connectivity index is 1.48. The minimum atomic E-state index is -1.44. The molecule has 1 fully saturated rings. The highest BCUT2D eigenvalue weighted by Crippen LogP contribution is 2.34. The highest BCUT2D eigenvalue weighted by Gasteiger charge is 2.50. The normalized spacial score (nSPS) is 20.4. The summed E-state index contributed by atoms with van der Waals surface area (Å²) < 4.78 is 25.6. The Hall–Kier alpha value is -3.89. The van der Waals surface area contributed by atoms with Crippen LogP contribution < -0.4 is 15.6 Å². The van der Waals surface area contributed by atoms with E-state index in [1.807, 2.05) is 0 Å². The van der Waals surface area contributed by atoms with E-state index in [9.17, 15) is 18.6 Å². The van der Waals surface area contributed by atoms with Crippen LogP contribution in [0, 0.1) is 0 Å². The van der Waals surface area contributed by atoms with Crippen LogP contribution in [0.15, 0.2) is 46.3 Å². The first kappa shape index (κ1) is 29.1. The summed E-state index contributed by atoms with van der Waals surface area (Å²) in [6, 6.07) is 2.81. The van der Waals surface area contributed by atoms with Gasteiger partial charge in [0.05, 0.1) is 29.2 Å². The summed E-state index contributed by atoms with van der Waals surface area (Å²) in [6.07, 6.45) is 3.26. The number of nitrogens with zero attached hydrogens (tertiary/aromatic N) is 5. The van der Waals surface area contributed by atoms with E-state index in [0.717, 1.165) is 11.3 Å². The molecule has 3 atom stereocenters. The number of nitrogens with one attached hydrogen (secondary N) is 1. The smallest absolute Gasteiger partial charge is 0.359 e. The van der Waals surface area contributed by atoms with Crippen LogP contribution in [0.5, 0.6) is 0 Å². The number of thiazole rings is 1. The van der Waals surface area contributed by atoms with Crippen LogP contribution in [0.1, 0.15) is 16.1 Å². The molecular weight excluding hydrogens is 562 g/mol. The quantitative estimate of drug-likeness (QED) is 0.152. The monoisotopic (exact) mass is 592 g/mol. The van der Waals surface area contributed by atoms with E-state index in [4.69, 9.17) is 20.0 Å². The minimum absolute atomic E-state index is 0.0715. The maximum Gasteiger partial charge on any atom is 0.359 e. The molecule has 0 spiro atoms. The van der Waals surface area contributed by atoms with Crippen LogP contribution in [0.25, 0.3) is 0 Å². The molecule has 4 heterocycles. The zero-order valence-corrected chi connectivity index (χ0v) is 24.0. The summed E-state index contributed by atoms with van der Waals surface area (Å²) in [7, 11) is 4.64. The number of anilines is 1. The van der Waals surface area contributed by atoms with Crippen LogP contribution in [-0.4, -0.2) is 101 Å². The van der Waals surface area contributed by atoms with Crippen LogP contribution in [0.4, 0.5) is 5.13 Å². The highest BCUT2D eigenvalue weighted by atomic mass is 32.2. The van der Waals surface area contributed by atoms with E-state index >= 15 is 0 Å². The van der Waals surface area contributed by atoms with Crippen molar-refractivity contribution in [3.63, 3.8) is 0 Å². The molecule has 0 bridgehead atoms. The SMILES string of the molecule is COCC1=C(C(=O)OC[n+]2cccc(C(=O)N(C)C)c2)N2C[C@@H](NC(=O)/C(=N/OC)c3csc(N)n3)[C@H]2S(=O)C1. The average Bonchev–Trinajstić information content (AvgIpc) is 3.34. The Morgan fingerprint density at radius 3 is 2.77 bits per heavy atom. The first-order valence-corrected chi connectivity index (χ1v) is 14.3. The zero-order valence-electron chi connectivity index (χ0n) is 22.4. The predicted molar refractivity (Wildman–Crippen MR) is 145 cm³/mol. The molecule has 2 amide bonds. The molecule has 14 nitrogen and oxygen atoms in total. The van der Waals surface area contributed by atoms with E-state index < -0.39 is 34.1 Å². The molecule has 3 N–H and O–H groups in total. The molecule has 0 radical (unpaired) electrons. The van der Waals surface area contributed by atoms with Gasteiger partial charge in [-0.3, -0.25) is 13.8 Å². The number of nitrogen functional groups attached to an aromatic ring is 1. The van der Waals surface area contributed by atoms with Gasteiger partial charge in [0.25, 0.3) is 18.5 Å². The third-order valence-electron chi connectivity index (χ3n) is 6.10. The van der Waals surface area contributed by atoms with Crippen molar-refractivity contribution in [1.82, 2.24) is 20.1 Å². The number of amides is 2. The first-order chi connectivity index (χ1) is 19.1. The number of pyridine rings is 1. The molecule has 16 heteroatoms. The number of esters is 1. The van der Waals surface area contributed by atoms with Crippen LogP contribution in [-0.2, 0) is 41.4 Å². The van der Waals surface area contributed by atoms with Crippen molar-refractivity contribution >= 4 is 50.8 Å². The van der Waals surface area contributed by atoms with E-state index in [-0.39, 0.29) is 53.8 Å². The lowest BCUT2D eigenvalue weighted by Crippen LogP contribution is -2.70. The molecule has 2 aromatic rings. The molecular formula is C24H30N7O7S2+. The number of hydrogen-bond donors (Lipinski definition) is 2. The number of methoxy groups -OCH3 is 1. The molecule has 2 aromatic heterocycles. The van der Waals surface area contributed by atoms with Crippen molar-refractivity contribution in [2.75, 3.05) is 53.0 Å². The van der Waals surface area contributed by atoms with Crippen molar-refractivity contribution in [3.05, 3.63) is 52.4 Å². The maximum atomic E-state index is 13.3. The van der Waals surface area contributed by atoms with Gasteiger partial charge in [0, 0.05) is 39.2 Å². The molecule has 4 rings (SSSR count). The minimum Gasteiger partial charge on any atom is -0.400 e. The number of ether oxygens (including phenoxy) is 2. The van der Waals surface area contributed by atoms with Crippen molar-refractivity contribution in [2.45, 2.75) is 18.1 Å². The molecule has 2 aliphatic rings. The van der Waals surface area contributed by atoms with Crippen molar-refractivity contribution in [3.8, 4) is 0 Å².